The van der Waals surface area contributed by atoms with Crippen LogP contribution in [0.5, 0.6) is 0 Å². The molecule has 0 N–H and O–H groups in total. The molecule has 4 rings (SSSR count). The number of carbonyl (C=O) groups excluding carboxylic acids is 1. The van der Waals surface area contributed by atoms with Gasteiger partial charge in [0.25, 0.3) is 0 Å². The minimum atomic E-state index is -0.0628. The molecular formula is C23H19N3O. The SMILES string of the molecule is Cc1ccc(/N=N/c2c(C(=O)c3ccccc3)n(C)c3ccccc23)cc1. The van der Waals surface area contributed by atoms with Gasteiger partial charge in [-0.25, -0.2) is 0 Å². The highest BCUT2D eigenvalue weighted by atomic mass is 16.1. The van der Waals surface area contributed by atoms with Crippen molar-refractivity contribution >= 4 is 28.1 Å². The maximum absolute atomic E-state index is 13.2. The molecule has 0 saturated carbocycles. The van der Waals surface area contributed by atoms with Crippen molar-refractivity contribution in [3.8, 4) is 0 Å². The Morgan fingerprint density at radius 1 is 0.815 bits per heavy atom. The van der Waals surface area contributed by atoms with E-state index >= 15 is 0 Å². The molecule has 0 atom stereocenters. The van der Waals surface area contributed by atoms with Gasteiger partial charge in [0.1, 0.15) is 11.4 Å². The fraction of sp³-hybridized carbons (Fsp3) is 0.0870. The van der Waals surface area contributed by atoms with Gasteiger partial charge in [0.2, 0.25) is 5.78 Å². The Hall–Kier alpha value is -3.53. The van der Waals surface area contributed by atoms with Crippen LogP contribution in [0.1, 0.15) is 21.6 Å². The first-order valence-electron chi connectivity index (χ1n) is 8.81. The fourth-order valence-electron chi connectivity index (χ4n) is 3.18. The number of carbonyl (C=O) groups is 1. The lowest BCUT2D eigenvalue weighted by Gasteiger charge is -2.04. The first kappa shape index (κ1) is 16.9. The summed E-state index contributed by atoms with van der Waals surface area (Å²) in [6.45, 7) is 2.03. The summed E-state index contributed by atoms with van der Waals surface area (Å²) in [6.07, 6.45) is 0. The topological polar surface area (TPSA) is 46.7 Å². The second-order valence-corrected chi connectivity index (χ2v) is 6.50. The molecule has 0 aliphatic heterocycles. The predicted octanol–water partition coefficient (Wildman–Crippen LogP) is 6.13. The normalized spacial score (nSPS) is 11.3. The molecule has 1 heterocycles. The summed E-state index contributed by atoms with van der Waals surface area (Å²) in [7, 11) is 1.89. The van der Waals surface area contributed by atoms with E-state index in [2.05, 4.69) is 10.2 Å². The van der Waals surface area contributed by atoms with Gasteiger partial charge in [-0.2, -0.15) is 5.11 Å². The highest BCUT2D eigenvalue weighted by molar-refractivity contribution is 6.15. The van der Waals surface area contributed by atoms with E-state index in [4.69, 9.17) is 0 Å². The second-order valence-electron chi connectivity index (χ2n) is 6.50. The largest absolute Gasteiger partial charge is 0.339 e. The number of aryl methyl sites for hydroxylation is 2. The van der Waals surface area contributed by atoms with Crippen LogP contribution in [0, 0.1) is 6.92 Å². The van der Waals surface area contributed by atoms with Gasteiger partial charge in [-0.05, 0) is 25.1 Å². The Morgan fingerprint density at radius 3 is 2.22 bits per heavy atom. The van der Waals surface area contributed by atoms with Gasteiger partial charge in [0, 0.05) is 18.0 Å². The van der Waals surface area contributed by atoms with E-state index in [1.807, 2.05) is 97.4 Å². The Bertz CT molecular complexity index is 1140. The lowest BCUT2D eigenvalue weighted by molar-refractivity contribution is 0.103. The third-order valence-corrected chi connectivity index (χ3v) is 4.63. The monoisotopic (exact) mass is 353 g/mol. The molecule has 0 aliphatic rings. The van der Waals surface area contributed by atoms with Crippen LogP contribution in [-0.2, 0) is 7.05 Å². The quantitative estimate of drug-likeness (QED) is 0.321. The molecule has 0 unspecified atom stereocenters. The molecule has 0 fully saturated rings. The van der Waals surface area contributed by atoms with Crippen molar-refractivity contribution in [3.63, 3.8) is 0 Å². The van der Waals surface area contributed by atoms with Crippen LogP contribution in [0.2, 0.25) is 0 Å². The number of aromatic nitrogens is 1. The molecule has 3 aromatic carbocycles. The summed E-state index contributed by atoms with van der Waals surface area (Å²) < 4.78 is 1.90. The highest BCUT2D eigenvalue weighted by Crippen LogP contribution is 2.35. The van der Waals surface area contributed by atoms with Crippen molar-refractivity contribution in [2.24, 2.45) is 17.3 Å². The number of ketones is 1. The van der Waals surface area contributed by atoms with Gasteiger partial charge in [-0.3, -0.25) is 4.79 Å². The number of fused-ring (bicyclic) bond motifs is 1. The van der Waals surface area contributed by atoms with Gasteiger partial charge in [-0.15, -0.1) is 5.11 Å². The second kappa shape index (κ2) is 7.00. The number of nitrogens with zero attached hydrogens (tertiary/aromatic N) is 3. The van der Waals surface area contributed by atoms with E-state index in [-0.39, 0.29) is 5.78 Å². The van der Waals surface area contributed by atoms with E-state index in [1.165, 1.54) is 5.56 Å². The number of para-hydroxylation sites is 1. The molecule has 0 radical (unpaired) electrons. The first-order chi connectivity index (χ1) is 13.1. The van der Waals surface area contributed by atoms with Crippen molar-refractivity contribution in [2.45, 2.75) is 6.92 Å². The standard InChI is InChI=1S/C23H19N3O/c1-16-12-14-18(15-13-16)24-25-21-19-10-6-7-11-20(19)26(2)22(21)23(27)17-8-4-3-5-9-17/h3-15H,1-2H3/b25-24+. The van der Waals surface area contributed by atoms with Crippen LogP contribution in [-0.4, -0.2) is 10.4 Å². The van der Waals surface area contributed by atoms with Crippen LogP contribution in [0.4, 0.5) is 11.4 Å². The van der Waals surface area contributed by atoms with Gasteiger partial charge >= 0.3 is 0 Å². The number of hydrogen-bond donors (Lipinski definition) is 0. The van der Waals surface area contributed by atoms with E-state index < -0.39 is 0 Å². The summed E-state index contributed by atoms with van der Waals surface area (Å²) in [5.74, 6) is -0.0628. The number of hydrogen-bond acceptors (Lipinski definition) is 3. The molecular weight excluding hydrogens is 334 g/mol. The highest BCUT2D eigenvalue weighted by Gasteiger charge is 2.22. The molecule has 0 bridgehead atoms. The molecule has 0 saturated heterocycles. The molecule has 132 valence electrons. The fourth-order valence-corrected chi connectivity index (χ4v) is 3.18. The van der Waals surface area contributed by atoms with Crippen LogP contribution in [0.15, 0.2) is 89.1 Å². The van der Waals surface area contributed by atoms with Crippen molar-refractivity contribution in [2.75, 3.05) is 0 Å². The molecule has 0 spiro atoms. The predicted molar refractivity (Wildman–Crippen MR) is 108 cm³/mol. The third kappa shape index (κ3) is 3.17. The van der Waals surface area contributed by atoms with Gasteiger partial charge < -0.3 is 4.57 Å². The molecule has 0 aliphatic carbocycles. The molecule has 0 amide bonds. The molecule has 4 nitrogen and oxygen atoms in total. The Kier molecular flexibility index (Phi) is 4.38. The maximum Gasteiger partial charge on any atom is 0.211 e. The Morgan fingerprint density at radius 2 is 1.48 bits per heavy atom. The van der Waals surface area contributed by atoms with Crippen LogP contribution in [0.3, 0.4) is 0 Å². The molecule has 1 aromatic heterocycles. The average Bonchev–Trinajstić information content (AvgIpc) is 3.00. The third-order valence-electron chi connectivity index (χ3n) is 4.63. The smallest absolute Gasteiger partial charge is 0.211 e. The summed E-state index contributed by atoms with van der Waals surface area (Å²) in [6, 6.07) is 25.0. The Labute approximate surface area is 157 Å². The summed E-state index contributed by atoms with van der Waals surface area (Å²) in [5.41, 5.74) is 4.65. The van der Waals surface area contributed by atoms with Gasteiger partial charge in [0.15, 0.2) is 0 Å². The molecule has 27 heavy (non-hydrogen) atoms. The number of azo groups is 1. The van der Waals surface area contributed by atoms with Crippen LogP contribution in [0.25, 0.3) is 10.9 Å². The van der Waals surface area contributed by atoms with Crippen molar-refractivity contribution in [1.29, 1.82) is 0 Å². The Balaban J connectivity index is 1.88. The van der Waals surface area contributed by atoms with E-state index in [0.29, 0.717) is 16.9 Å². The lowest BCUT2D eigenvalue weighted by atomic mass is 10.1. The zero-order chi connectivity index (χ0) is 18.8. The summed E-state index contributed by atoms with van der Waals surface area (Å²) in [5, 5.41) is 9.77. The van der Waals surface area contributed by atoms with Crippen molar-refractivity contribution in [3.05, 3.63) is 95.7 Å². The van der Waals surface area contributed by atoms with Crippen LogP contribution >= 0.6 is 0 Å². The zero-order valence-corrected chi connectivity index (χ0v) is 15.3. The first-order valence-corrected chi connectivity index (χ1v) is 8.81. The van der Waals surface area contributed by atoms with E-state index in [9.17, 15) is 4.79 Å². The summed E-state index contributed by atoms with van der Waals surface area (Å²) in [4.78, 5) is 13.2. The van der Waals surface area contributed by atoms with Gasteiger partial charge in [-0.1, -0.05) is 66.2 Å². The van der Waals surface area contributed by atoms with E-state index in [0.717, 1.165) is 16.6 Å². The van der Waals surface area contributed by atoms with Crippen LogP contribution < -0.4 is 0 Å². The number of rotatable bonds is 4. The summed E-state index contributed by atoms with van der Waals surface area (Å²) >= 11 is 0. The number of benzene rings is 3. The minimum absolute atomic E-state index is 0.0628. The van der Waals surface area contributed by atoms with E-state index in [1.54, 1.807) is 0 Å². The average molecular weight is 353 g/mol. The van der Waals surface area contributed by atoms with Crippen molar-refractivity contribution in [1.82, 2.24) is 4.57 Å². The van der Waals surface area contributed by atoms with Gasteiger partial charge in [0.05, 0.1) is 11.2 Å². The lowest BCUT2D eigenvalue weighted by Crippen LogP contribution is -2.07. The minimum Gasteiger partial charge on any atom is -0.339 e. The molecule has 4 heteroatoms. The van der Waals surface area contributed by atoms with Crippen molar-refractivity contribution < 1.29 is 4.79 Å². The maximum atomic E-state index is 13.2. The zero-order valence-electron chi connectivity index (χ0n) is 15.3. The molecule has 4 aromatic rings.